The number of piperidine rings is 1. The SMILES string of the molecule is CC(C)(C(=O)c1cscc1Br)N1CCCCC1. The summed E-state index contributed by atoms with van der Waals surface area (Å²) in [6.07, 6.45) is 3.71. The van der Waals surface area contributed by atoms with Crippen molar-refractivity contribution in [1.29, 1.82) is 0 Å². The van der Waals surface area contributed by atoms with Gasteiger partial charge in [-0.05, 0) is 55.7 Å². The second-order valence-corrected chi connectivity index (χ2v) is 6.67. The van der Waals surface area contributed by atoms with Gasteiger partial charge in [-0.15, -0.1) is 0 Å². The molecule has 1 aliphatic heterocycles. The Labute approximate surface area is 115 Å². The van der Waals surface area contributed by atoms with E-state index < -0.39 is 0 Å². The summed E-state index contributed by atoms with van der Waals surface area (Å²) in [6, 6.07) is 0. The maximum Gasteiger partial charge on any atom is 0.184 e. The van der Waals surface area contributed by atoms with Crippen LogP contribution < -0.4 is 0 Å². The summed E-state index contributed by atoms with van der Waals surface area (Å²) in [7, 11) is 0. The van der Waals surface area contributed by atoms with Crippen molar-refractivity contribution >= 4 is 33.0 Å². The zero-order valence-corrected chi connectivity index (χ0v) is 12.7. The molecule has 2 rings (SSSR count). The predicted octanol–water partition coefficient (Wildman–Crippen LogP) is 3.96. The number of thiophene rings is 1. The lowest BCUT2D eigenvalue weighted by atomic mass is 9.90. The first kappa shape index (κ1) is 13.2. The maximum absolute atomic E-state index is 12.6. The molecule has 0 aliphatic carbocycles. The van der Waals surface area contributed by atoms with Crippen molar-refractivity contribution in [1.82, 2.24) is 4.90 Å². The molecular formula is C13H18BrNOS. The van der Waals surface area contributed by atoms with Gasteiger partial charge < -0.3 is 0 Å². The minimum absolute atomic E-state index is 0.229. The van der Waals surface area contributed by atoms with Crippen LogP contribution in [0.1, 0.15) is 43.5 Å². The minimum Gasteiger partial charge on any atom is -0.292 e. The molecule has 0 spiro atoms. The summed E-state index contributed by atoms with van der Waals surface area (Å²) < 4.78 is 0.928. The normalized spacial score (nSPS) is 18.3. The molecule has 1 saturated heterocycles. The fourth-order valence-corrected chi connectivity index (χ4v) is 3.82. The van der Waals surface area contributed by atoms with Gasteiger partial charge in [0.25, 0.3) is 0 Å². The maximum atomic E-state index is 12.6. The first-order chi connectivity index (χ1) is 8.03. The topological polar surface area (TPSA) is 20.3 Å². The van der Waals surface area contributed by atoms with Gasteiger partial charge >= 0.3 is 0 Å². The molecule has 94 valence electrons. The lowest BCUT2D eigenvalue weighted by molar-refractivity contribution is 0.0579. The first-order valence-electron chi connectivity index (χ1n) is 6.05. The van der Waals surface area contributed by atoms with Crippen LogP contribution in [-0.2, 0) is 0 Å². The van der Waals surface area contributed by atoms with Crippen molar-refractivity contribution in [3.05, 3.63) is 20.8 Å². The molecule has 0 bridgehead atoms. The van der Waals surface area contributed by atoms with E-state index in [9.17, 15) is 4.79 Å². The number of ketones is 1. The van der Waals surface area contributed by atoms with E-state index in [1.165, 1.54) is 19.3 Å². The molecule has 0 aromatic carbocycles. The molecule has 0 radical (unpaired) electrons. The molecule has 0 saturated carbocycles. The summed E-state index contributed by atoms with van der Waals surface area (Å²) >= 11 is 5.03. The number of hydrogen-bond donors (Lipinski definition) is 0. The van der Waals surface area contributed by atoms with Crippen LogP contribution in [0, 0.1) is 0 Å². The molecular weight excluding hydrogens is 298 g/mol. The first-order valence-corrected chi connectivity index (χ1v) is 7.78. The van der Waals surface area contributed by atoms with Crippen LogP contribution >= 0.6 is 27.3 Å². The van der Waals surface area contributed by atoms with E-state index >= 15 is 0 Å². The molecule has 1 aliphatic rings. The third kappa shape index (κ3) is 2.64. The number of carbonyl (C=O) groups excluding carboxylic acids is 1. The highest BCUT2D eigenvalue weighted by Crippen LogP contribution is 2.29. The number of rotatable bonds is 3. The Morgan fingerprint density at radius 1 is 1.29 bits per heavy atom. The lowest BCUT2D eigenvalue weighted by Gasteiger charge is -2.39. The molecule has 1 aromatic rings. The number of hydrogen-bond acceptors (Lipinski definition) is 3. The Bertz CT molecular complexity index is 407. The van der Waals surface area contributed by atoms with Crippen LogP contribution in [0.15, 0.2) is 15.2 Å². The molecule has 2 nitrogen and oxygen atoms in total. The Kier molecular flexibility index (Phi) is 4.06. The van der Waals surface area contributed by atoms with Gasteiger partial charge in [0.05, 0.1) is 5.54 Å². The van der Waals surface area contributed by atoms with Crippen LogP contribution in [0.25, 0.3) is 0 Å². The van der Waals surface area contributed by atoms with Crippen molar-refractivity contribution in [2.45, 2.75) is 38.6 Å². The van der Waals surface area contributed by atoms with Gasteiger partial charge in [-0.3, -0.25) is 9.69 Å². The van der Waals surface area contributed by atoms with E-state index in [-0.39, 0.29) is 11.3 Å². The monoisotopic (exact) mass is 315 g/mol. The number of Topliss-reactive ketones (excluding diaryl/α,β-unsaturated/α-hetero) is 1. The second-order valence-electron chi connectivity index (χ2n) is 5.07. The summed E-state index contributed by atoms with van der Waals surface area (Å²) in [4.78, 5) is 14.9. The van der Waals surface area contributed by atoms with E-state index in [0.29, 0.717) is 0 Å². The van der Waals surface area contributed by atoms with Gasteiger partial charge in [-0.1, -0.05) is 6.42 Å². The van der Waals surface area contributed by atoms with Crippen molar-refractivity contribution in [2.24, 2.45) is 0 Å². The van der Waals surface area contributed by atoms with Crippen LogP contribution in [0.4, 0.5) is 0 Å². The van der Waals surface area contributed by atoms with Crippen LogP contribution in [-0.4, -0.2) is 29.3 Å². The predicted molar refractivity (Wildman–Crippen MR) is 75.9 cm³/mol. The standard InChI is InChI=1S/C13H18BrNOS/c1-13(2,15-6-4-3-5-7-15)12(16)10-8-17-9-11(10)14/h8-9H,3-7H2,1-2H3. The second kappa shape index (κ2) is 5.21. The smallest absolute Gasteiger partial charge is 0.184 e. The molecule has 0 unspecified atom stereocenters. The molecule has 1 aromatic heterocycles. The van der Waals surface area contributed by atoms with Gasteiger partial charge in [0, 0.05) is 20.8 Å². The summed E-state index contributed by atoms with van der Waals surface area (Å²) in [6.45, 7) is 6.18. The third-order valence-corrected chi connectivity index (χ3v) is 5.26. The summed E-state index contributed by atoms with van der Waals surface area (Å²) in [5, 5.41) is 3.91. The Balaban J connectivity index is 2.19. The largest absolute Gasteiger partial charge is 0.292 e. The minimum atomic E-state index is -0.385. The molecule has 0 amide bonds. The third-order valence-electron chi connectivity index (χ3n) is 3.56. The van der Waals surface area contributed by atoms with E-state index in [2.05, 4.69) is 20.8 Å². The fourth-order valence-electron chi connectivity index (χ4n) is 2.37. The molecule has 4 heteroatoms. The number of likely N-dealkylation sites (tertiary alicyclic amines) is 1. The zero-order valence-electron chi connectivity index (χ0n) is 10.3. The van der Waals surface area contributed by atoms with Crippen LogP contribution in [0.2, 0.25) is 0 Å². The highest BCUT2D eigenvalue weighted by molar-refractivity contribution is 9.10. The number of carbonyl (C=O) groups is 1. The Morgan fingerprint density at radius 2 is 1.94 bits per heavy atom. The van der Waals surface area contributed by atoms with E-state index in [0.717, 1.165) is 23.1 Å². The van der Waals surface area contributed by atoms with Gasteiger partial charge in [0.2, 0.25) is 0 Å². The van der Waals surface area contributed by atoms with Crippen LogP contribution in [0.3, 0.4) is 0 Å². The number of halogens is 1. The van der Waals surface area contributed by atoms with E-state index in [1.54, 1.807) is 11.3 Å². The van der Waals surface area contributed by atoms with Crippen molar-refractivity contribution in [3.8, 4) is 0 Å². The summed E-state index contributed by atoms with van der Waals surface area (Å²) in [5.74, 6) is 0.229. The molecule has 2 heterocycles. The number of nitrogens with zero attached hydrogens (tertiary/aromatic N) is 1. The van der Waals surface area contributed by atoms with Crippen molar-refractivity contribution < 1.29 is 4.79 Å². The molecule has 1 fully saturated rings. The van der Waals surface area contributed by atoms with Gasteiger partial charge in [-0.25, -0.2) is 0 Å². The molecule has 0 atom stereocenters. The highest BCUT2D eigenvalue weighted by atomic mass is 79.9. The molecule has 17 heavy (non-hydrogen) atoms. The van der Waals surface area contributed by atoms with Gasteiger partial charge in [-0.2, -0.15) is 11.3 Å². The quantitative estimate of drug-likeness (QED) is 0.787. The average molecular weight is 316 g/mol. The Morgan fingerprint density at radius 3 is 2.47 bits per heavy atom. The molecule has 0 N–H and O–H groups in total. The summed E-state index contributed by atoms with van der Waals surface area (Å²) in [5.41, 5.74) is 0.440. The van der Waals surface area contributed by atoms with Gasteiger partial charge in [0.15, 0.2) is 5.78 Å². The zero-order chi connectivity index (χ0) is 12.5. The highest BCUT2D eigenvalue weighted by Gasteiger charge is 2.36. The van der Waals surface area contributed by atoms with Crippen molar-refractivity contribution in [2.75, 3.05) is 13.1 Å². The van der Waals surface area contributed by atoms with Gasteiger partial charge in [0.1, 0.15) is 0 Å². The van der Waals surface area contributed by atoms with E-state index in [4.69, 9.17) is 0 Å². The van der Waals surface area contributed by atoms with E-state index in [1.807, 2.05) is 24.6 Å². The van der Waals surface area contributed by atoms with Crippen LogP contribution in [0.5, 0.6) is 0 Å². The van der Waals surface area contributed by atoms with Crippen molar-refractivity contribution in [3.63, 3.8) is 0 Å². The fraction of sp³-hybridized carbons (Fsp3) is 0.615. The Hall–Kier alpha value is -0.190. The average Bonchev–Trinajstić information content (AvgIpc) is 2.75. The lowest BCUT2D eigenvalue weighted by Crippen LogP contribution is -2.52.